The first-order chi connectivity index (χ1) is 6.54. The van der Waals surface area contributed by atoms with Crippen molar-refractivity contribution in [3.63, 3.8) is 0 Å². The third-order valence-corrected chi connectivity index (χ3v) is 0.811. The van der Waals surface area contributed by atoms with E-state index in [9.17, 15) is 0 Å². The summed E-state index contributed by atoms with van der Waals surface area (Å²) in [4.78, 5) is 18.8. The Kier molecular flexibility index (Phi) is 73.3. The third kappa shape index (κ3) is 148. The van der Waals surface area contributed by atoms with Gasteiger partial charge in [0.25, 0.3) is 0 Å². The van der Waals surface area contributed by atoms with Crippen LogP contribution in [0.25, 0.3) is 4.85 Å². The molecule has 0 saturated carbocycles. The Labute approximate surface area is 107 Å². The number of hydrogen-bond donors (Lipinski definition) is 0. The van der Waals surface area contributed by atoms with Crippen molar-refractivity contribution in [2.24, 2.45) is 0 Å². The fourth-order valence-electron chi connectivity index (χ4n) is 0.0913. The maximum atomic E-state index is 7.75. The molecule has 3 nitrogen and oxygen atoms in total. The zero-order chi connectivity index (χ0) is 12.6. The Hall–Kier alpha value is -0.547. The molecule has 0 aliphatic carbocycles. The fraction of sp³-hybridized carbons (Fsp3) is 0.636. The zero-order valence-electron chi connectivity index (χ0n) is 10.1. The van der Waals surface area contributed by atoms with Crippen LogP contribution in [0, 0.1) is 12.5 Å². The number of nitrogens with zero attached hydrogens (tertiary/aromatic N) is 1. The molecule has 88 valence electrons. The van der Waals surface area contributed by atoms with Crippen molar-refractivity contribution in [2.75, 3.05) is 0 Å². The van der Waals surface area contributed by atoms with E-state index in [-0.39, 0.29) is 25.5 Å². The summed E-state index contributed by atoms with van der Waals surface area (Å²) < 4.78 is 0. The van der Waals surface area contributed by atoms with E-state index in [1.54, 1.807) is 0 Å². The van der Waals surface area contributed by atoms with E-state index < -0.39 is 0 Å². The van der Waals surface area contributed by atoms with Gasteiger partial charge in [0.15, 0.2) is 0 Å². The standard InChI is InChI=1S/C5H9N.C4H9.2CHO.Ru/c1-4-5(2)6-3;1-4(2)3;2*1-2;/h5H,4H2,1-2H3;1-3H3;2*1H;/q;3*-1;+4. The molecule has 0 amide bonds. The van der Waals surface area contributed by atoms with Gasteiger partial charge in [0.1, 0.15) is 0 Å². The first-order valence-corrected chi connectivity index (χ1v) is 4.15. The van der Waals surface area contributed by atoms with Crippen LogP contribution in [-0.2, 0) is 29.1 Å². The number of carbonyl (C=O) groups excluding carboxylic acids is 2. The molecule has 0 aliphatic heterocycles. The topological polar surface area (TPSA) is 38.5 Å². The van der Waals surface area contributed by atoms with Crippen LogP contribution >= 0.6 is 0 Å². The van der Waals surface area contributed by atoms with E-state index in [1.165, 1.54) is 5.92 Å². The molecule has 0 radical (unpaired) electrons. The molecule has 1 atom stereocenters. The predicted octanol–water partition coefficient (Wildman–Crippen LogP) is 2.77. The molecule has 0 aliphatic rings. The van der Waals surface area contributed by atoms with E-state index in [2.05, 4.69) is 39.2 Å². The SMILES string of the molecule is C[C-](C)C.[C-]#[N+]C(C)CC.[CH-]=O.[CH-]=O.[Ru+4]. The van der Waals surface area contributed by atoms with Crippen molar-refractivity contribution in [1.82, 2.24) is 0 Å². The first-order valence-electron chi connectivity index (χ1n) is 4.15. The molecular weight excluding hydrogens is 279 g/mol. The number of hydrogen-bond acceptors (Lipinski definition) is 2. The maximum Gasteiger partial charge on any atom is 4.00 e. The molecular formula is C11H20NO2Ru+. The minimum Gasteiger partial charge on any atom is -0.545 e. The summed E-state index contributed by atoms with van der Waals surface area (Å²) in [7, 11) is 0. The van der Waals surface area contributed by atoms with Crippen molar-refractivity contribution in [3.05, 3.63) is 17.3 Å². The zero-order valence-corrected chi connectivity index (χ0v) is 11.8. The molecule has 15 heavy (non-hydrogen) atoms. The van der Waals surface area contributed by atoms with Crippen LogP contribution in [-0.4, -0.2) is 19.6 Å². The summed E-state index contributed by atoms with van der Waals surface area (Å²) in [5, 5.41) is 0. The van der Waals surface area contributed by atoms with E-state index >= 15 is 0 Å². The number of rotatable bonds is 1. The van der Waals surface area contributed by atoms with Gasteiger partial charge in [0.05, 0.1) is 0 Å². The van der Waals surface area contributed by atoms with Gasteiger partial charge in [-0.1, -0.05) is 6.92 Å². The molecule has 0 aromatic rings. The maximum absolute atomic E-state index is 7.75. The van der Waals surface area contributed by atoms with E-state index in [4.69, 9.17) is 16.2 Å². The van der Waals surface area contributed by atoms with Gasteiger partial charge >= 0.3 is 19.5 Å². The van der Waals surface area contributed by atoms with Crippen molar-refractivity contribution in [1.29, 1.82) is 0 Å². The van der Waals surface area contributed by atoms with E-state index in [0.717, 1.165) is 6.42 Å². The van der Waals surface area contributed by atoms with Crippen LogP contribution in [0.3, 0.4) is 0 Å². The second kappa shape index (κ2) is 37.6. The molecule has 0 N–H and O–H groups in total. The van der Waals surface area contributed by atoms with Crippen LogP contribution in [0.1, 0.15) is 41.0 Å². The average Bonchev–Trinajstić information content (AvgIpc) is 2.22. The van der Waals surface area contributed by atoms with Crippen molar-refractivity contribution >= 4 is 13.6 Å². The monoisotopic (exact) mass is 300 g/mol. The second-order valence-electron chi connectivity index (χ2n) is 2.89. The van der Waals surface area contributed by atoms with Gasteiger partial charge in [0, 0.05) is 13.3 Å². The molecule has 0 rings (SSSR count). The van der Waals surface area contributed by atoms with Crippen molar-refractivity contribution < 1.29 is 29.1 Å². The summed E-state index contributed by atoms with van der Waals surface area (Å²) in [6.45, 7) is 23.1. The van der Waals surface area contributed by atoms with Gasteiger partial charge < -0.3 is 20.4 Å². The Morgan fingerprint density at radius 3 is 1.40 bits per heavy atom. The van der Waals surface area contributed by atoms with Crippen LogP contribution in [0.15, 0.2) is 0 Å². The molecule has 0 fully saturated rings. The molecule has 0 heterocycles. The van der Waals surface area contributed by atoms with Crippen LogP contribution in [0.2, 0.25) is 0 Å². The summed E-state index contributed by atoms with van der Waals surface area (Å²) in [5.74, 6) is 1.42. The van der Waals surface area contributed by atoms with Crippen molar-refractivity contribution in [2.45, 2.75) is 47.1 Å². The summed E-state index contributed by atoms with van der Waals surface area (Å²) in [6.07, 6.45) is 0.976. The molecule has 4 heteroatoms. The van der Waals surface area contributed by atoms with Crippen LogP contribution in [0.4, 0.5) is 0 Å². The van der Waals surface area contributed by atoms with Crippen molar-refractivity contribution in [3.8, 4) is 0 Å². The summed E-state index contributed by atoms with van der Waals surface area (Å²) in [6, 6.07) is 0.227. The Bertz CT molecular complexity index is 119. The predicted molar refractivity (Wildman–Crippen MR) is 60.1 cm³/mol. The molecule has 0 aromatic heterocycles. The van der Waals surface area contributed by atoms with Gasteiger partial charge in [-0.25, -0.2) is 6.57 Å². The molecule has 0 spiro atoms. The normalized spacial score (nSPS) is 8.07. The average molecular weight is 299 g/mol. The molecule has 0 aromatic carbocycles. The van der Waals surface area contributed by atoms with Crippen LogP contribution < -0.4 is 0 Å². The smallest absolute Gasteiger partial charge is 0.545 e. The second-order valence-corrected chi connectivity index (χ2v) is 2.89. The van der Waals surface area contributed by atoms with Gasteiger partial charge in [-0.2, -0.15) is 20.8 Å². The Morgan fingerprint density at radius 2 is 1.40 bits per heavy atom. The Balaban J connectivity index is -0.0000000327. The van der Waals surface area contributed by atoms with Gasteiger partial charge in [0.2, 0.25) is 6.04 Å². The molecule has 0 saturated heterocycles. The minimum absolute atomic E-state index is 0. The fourth-order valence-corrected chi connectivity index (χ4v) is 0.0913. The minimum atomic E-state index is 0. The quantitative estimate of drug-likeness (QED) is 0.424. The third-order valence-electron chi connectivity index (χ3n) is 0.811. The largest absolute Gasteiger partial charge is 4.00 e. The molecule has 0 bridgehead atoms. The van der Waals surface area contributed by atoms with Gasteiger partial charge in [-0.3, -0.25) is 13.6 Å². The molecule has 1 unspecified atom stereocenters. The van der Waals surface area contributed by atoms with Gasteiger partial charge in [-0.05, 0) is 0 Å². The van der Waals surface area contributed by atoms with E-state index in [1.807, 2.05) is 13.8 Å². The summed E-state index contributed by atoms with van der Waals surface area (Å²) in [5.41, 5.74) is 0. The first kappa shape index (κ1) is 29.3. The Morgan fingerprint density at radius 1 is 1.20 bits per heavy atom. The van der Waals surface area contributed by atoms with Gasteiger partial charge in [-0.15, -0.1) is 0 Å². The van der Waals surface area contributed by atoms with Crippen LogP contribution in [0.5, 0.6) is 0 Å². The summed E-state index contributed by atoms with van der Waals surface area (Å²) >= 11 is 0. The van der Waals surface area contributed by atoms with E-state index in [0.29, 0.717) is 0 Å².